The fourth-order valence-corrected chi connectivity index (χ4v) is 3.43. The van der Waals surface area contributed by atoms with Gasteiger partial charge in [0.25, 0.3) is 5.91 Å². The summed E-state index contributed by atoms with van der Waals surface area (Å²) in [6.45, 7) is 3.53. The fourth-order valence-electron chi connectivity index (χ4n) is 3.43. The molecule has 2 aromatic carbocycles. The van der Waals surface area contributed by atoms with E-state index in [2.05, 4.69) is 17.3 Å². The third-order valence-corrected chi connectivity index (χ3v) is 4.89. The van der Waals surface area contributed by atoms with Crippen LogP contribution in [0.3, 0.4) is 0 Å². The number of carbonyl (C=O) groups excluding carboxylic acids is 1. The molecule has 0 spiro atoms. The molecule has 1 heterocycles. The lowest BCUT2D eigenvalue weighted by atomic mass is 10.1. The molecule has 3 rings (SSSR count). The maximum absolute atomic E-state index is 13.0. The van der Waals surface area contributed by atoms with Crippen molar-refractivity contribution in [1.29, 1.82) is 0 Å². The summed E-state index contributed by atoms with van der Waals surface area (Å²) >= 11 is 0. The molecular weight excluding hydrogens is 329 g/mol. The Bertz CT molecular complexity index is 747. The van der Waals surface area contributed by atoms with Crippen LogP contribution in [0.5, 0.6) is 0 Å². The first-order chi connectivity index (χ1) is 12.5. The highest BCUT2D eigenvalue weighted by Crippen LogP contribution is 2.18. The topological polar surface area (TPSA) is 35.6 Å². The number of nitrogens with zero attached hydrogens (tertiary/aromatic N) is 2. The molecule has 0 bridgehead atoms. The van der Waals surface area contributed by atoms with Crippen LogP contribution >= 0.6 is 0 Å². The van der Waals surface area contributed by atoms with Gasteiger partial charge in [-0.1, -0.05) is 18.2 Å². The van der Waals surface area contributed by atoms with E-state index in [-0.39, 0.29) is 11.7 Å². The Labute approximate surface area is 154 Å². The van der Waals surface area contributed by atoms with E-state index in [4.69, 9.17) is 0 Å². The largest absolute Gasteiger partial charge is 0.381 e. The van der Waals surface area contributed by atoms with E-state index in [0.29, 0.717) is 18.0 Å². The number of benzene rings is 2. The SMILES string of the molecule is CN1CCC(CN(C)C(=O)c2cccc(NCc3ccc(F)cc3)c2)C1. The Morgan fingerprint density at radius 2 is 2.04 bits per heavy atom. The lowest BCUT2D eigenvalue weighted by Crippen LogP contribution is -2.32. The van der Waals surface area contributed by atoms with Crippen LogP contribution in [-0.2, 0) is 6.54 Å². The number of likely N-dealkylation sites (tertiary alicyclic amines) is 1. The van der Waals surface area contributed by atoms with Crippen molar-refractivity contribution >= 4 is 11.6 Å². The molecule has 0 aliphatic carbocycles. The maximum atomic E-state index is 13.0. The standard InChI is InChI=1S/C21H26FN3O/c1-24-11-10-17(14-24)15-25(2)21(26)18-4-3-5-20(12-18)23-13-16-6-8-19(22)9-7-16/h3-9,12,17,23H,10-11,13-15H2,1-2H3. The molecule has 2 aromatic rings. The molecule has 26 heavy (non-hydrogen) atoms. The van der Waals surface area contributed by atoms with Gasteiger partial charge in [-0.3, -0.25) is 4.79 Å². The predicted molar refractivity (Wildman–Crippen MR) is 103 cm³/mol. The van der Waals surface area contributed by atoms with Crippen LogP contribution < -0.4 is 5.32 Å². The number of nitrogens with one attached hydrogen (secondary N) is 1. The fraction of sp³-hybridized carbons (Fsp3) is 0.381. The first-order valence-corrected chi connectivity index (χ1v) is 9.03. The minimum atomic E-state index is -0.238. The van der Waals surface area contributed by atoms with E-state index in [1.165, 1.54) is 12.1 Å². The van der Waals surface area contributed by atoms with E-state index in [1.54, 1.807) is 12.1 Å². The molecule has 0 aromatic heterocycles. The average Bonchev–Trinajstić information content (AvgIpc) is 3.05. The Balaban J connectivity index is 1.58. The van der Waals surface area contributed by atoms with Crippen LogP contribution in [0.25, 0.3) is 0 Å². The molecule has 5 heteroatoms. The molecule has 1 fully saturated rings. The zero-order valence-corrected chi connectivity index (χ0v) is 15.4. The molecular formula is C21H26FN3O. The van der Waals surface area contributed by atoms with Crippen LogP contribution in [0.15, 0.2) is 48.5 Å². The van der Waals surface area contributed by atoms with Gasteiger partial charge in [0.05, 0.1) is 0 Å². The average molecular weight is 355 g/mol. The molecule has 0 saturated carbocycles. The number of halogens is 1. The van der Waals surface area contributed by atoms with Crippen LogP contribution in [0.1, 0.15) is 22.3 Å². The number of rotatable bonds is 6. The van der Waals surface area contributed by atoms with E-state index in [9.17, 15) is 9.18 Å². The summed E-state index contributed by atoms with van der Waals surface area (Å²) in [5, 5.41) is 3.29. The van der Waals surface area contributed by atoms with Crippen molar-refractivity contribution < 1.29 is 9.18 Å². The second kappa shape index (κ2) is 8.32. The monoisotopic (exact) mass is 355 g/mol. The first kappa shape index (κ1) is 18.4. The van der Waals surface area contributed by atoms with Gasteiger partial charge >= 0.3 is 0 Å². The van der Waals surface area contributed by atoms with Crippen molar-refractivity contribution in [1.82, 2.24) is 9.80 Å². The quantitative estimate of drug-likeness (QED) is 0.862. The van der Waals surface area contributed by atoms with Gasteiger partial charge in [0.2, 0.25) is 0 Å². The van der Waals surface area contributed by atoms with Crippen LogP contribution in [0.4, 0.5) is 10.1 Å². The summed E-state index contributed by atoms with van der Waals surface area (Å²) in [5.74, 6) is 0.358. The Morgan fingerprint density at radius 1 is 1.27 bits per heavy atom. The van der Waals surface area contributed by atoms with Crippen molar-refractivity contribution in [3.05, 3.63) is 65.5 Å². The minimum absolute atomic E-state index is 0.0463. The second-order valence-electron chi connectivity index (χ2n) is 7.16. The smallest absolute Gasteiger partial charge is 0.253 e. The molecule has 0 radical (unpaired) electrons. The molecule has 1 N–H and O–H groups in total. The zero-order chi connectivity index (χ0) is 18.5. The number of anilines is 1. The lowest BCUT2D eigenvalue weighted by Gasteiger charge is -2.21. The van der Waals surface area contributed by atoms with Gasteiger partial charge < -0.3 is 15.1 Å². The van der Waals surface area contributed by atoms with E-state index >= 15 is 0 Å². The highest BCUT2D eigenvalue weighted by molar-refractivity contribution is 5.95. The van der Waals surface area contributed by atoms with Crippen molar-refractivity contribution in [3.63, 3.8) is 0 Å². The summed E-state index contributed by atoms with van der Waals surface area (Å²) in [6, 6.07) is 14.0. The van der Waals surface area contributed by atoms with E-state index < -0.39 is 0 Å². The first-order valence-electron chi connectivity index (χ1n) is 9.03. The second-order valence-corrected chi connectivity index (χ2v) is 7.16. The number of hydrogen-bond acceptors (Lipinski definition) is 3. The minimum Gasteiger partial charge on any atom is -0.381 e. The van der Waals surface area contributed by atoms with Gasteiger partial charge in [0.1, 0.15) is 5.82 Å². The molecule has 138 valence electrons. The zero-order valence-electron chi connectivity index (χ0n) is 15.4. The molecule has 1 saturated heterocycles. The molecule has 1 unspecified atom stereocenters. The van der Waals surface area contributed by atoms with Crippen molar-refractivity contribution in [2.45, 2.75) is 13.0 Å². The van der Waals surface area contributed by atoms with Crippen molar-refractivity contribution in [2.75, 3.05) is 39.0 Å². The van der Waals surface area contributed by atoms with Gasteiger partial charge in [0, 0.05) is 37.9 Å². The number of carbonyl (C=O) groups is 1. The van der Waals surface area contributed by atoms with Crippen molar-refractivity contribution in [3.8, 4) is 0 Å². The molecule has 1 aliphatic heterocycles. The van der Waals surface area contributed by atoms with E-state index in [1.807, 2.05) is 36.2 Å². The lowest BCUT2D eigenvalue weighted by molar-refractivity contribution is 0.0774. The van der Waals surface area contributed by atoms with Gasteiger partial charge in [-0.2, -0.15) is 0 Å². The number of amides is 1. The maximum Gasteiger partial charge on any atom is 0.253 e. The third-order valence-electron chi connectivity index (χ3n) is 4.89. The van der Waals surface area contributed by atoms with Gasteiger partial charge in [-0.15, -0.1) is 0 Å². The summed E-state index contributed by atoms with van der Waals surface area (Å²) in [6.07, 6.45) is 1.15. The Hall–Kier alpha value is -2.40. The molecule has 1 aliphatic rings. The number of hydrogen-bond donors (Lipinski definition) is 1. The predicted octanol–water partition coefficient (Wildman–Crippen LogP) is 3.46. The Kier molecular flexibility index (Phi) is 5.89. The van der Waals surface area contributed by atoms with Crippen molar-refractivity contribution in [2.24, 2.45) is 5.92 Å². The Morgan fingerprint density at radius 3 is 2.73 bits per heavy atom. The summed E-state index contributed by atoms with van der Waals surface area (Å²) in [5.41, 5.74) is 2.56. The van der Waals surface area contributed by atoms with Crippen LogP contribution in [0.2, 0.25) is 0 Å². The van der Waals surface area contributed by atoms with Crippen LogP contribution in [0, 0.1) is 11.7 Å². The highest BCUT2D eigenvalue weighted by Gasteiger charge is 2.23. The van der Waals surface area contributed by atoms with Crippen LogP contribution in [-0.4, -0.2) is 49.4 Å². The van der Waals surface area contributed by atoms with Gasteiger partial charge in [0.15, 0.2) is 0 Å². The highest BCUT2D eigenvalue weighted by atomic mass is 19.1. The van der Waals surface area contributed by atoms with E-state index in [0.717, 1.165) is 37.3 Å². The summed E-state index contributed by atoms with van der Waals surface area (Å²) < 4.78 is 13.0. The van der Waals surface area contributed by atoms with Gasteiger partial charge in [-0.05, 0) is 61.8 Å². The van der Waals surface area contributed by atoms with Gasteiger partial charge in [-0.25, -0.2) is 4.39 Å². The summed E-state index contributed by atoms with van der Waals surface area (Å²) in [4.78, 5) is 16.9. The summed E-state index contributed by atoms with van der Waals surface area (Å²) in [7, 11) is 4.00. The third kappa shape index (κ3) is 4.82. The molecule has 4 nitrogen and oxygen atoms in total. The normalized spacial score (nSPS) is 17.3. The molecule has 1 amide bonds. The molecule has 1 atom stereocenters.